The Labute approximate surface area is 169 Å². The molecule has 0 aliphatic rings. The van der Waals surface area contributed by atoms with Gasteiger partial charge >= 0.3 is 0 Å². The van der Waals surface area contributed by atoms with E-state index in [0.29, 0.717) is 23.4 Å². The SMILES string of the molecule is CC[C@H](C(=O)Nc1cccc(C#N)c1)n1nc(-c2cc(C)ccc2C)ccc1=O. The van der Waals surface area contributed by atoms with E-state index in [1.165, 1.54) is 10.7 Å². The maximum absolute atomic E-state index is 12.9. The van der Waals surface area contributed by atoms with Gasteiger partial charge in [-0.05, 0) is 56.2 Å². The number of carbonyl (C=O) groups excluding carboxylic acids is 1. The molecule has 1 aromatic heterocycles. The third-order valence-corrected chi connectivity index (χ3v) is 4.74. The van der Waals surface area contributed by atoms with Gasteiger partial charge in [0.25, 0.3) is 5.56 Å². The fraction of sp³-hybridized carbons (Fsp3) is 0.217. The van der Waals surface area contributed by atoms with Crippen LogP contribution < -0.4 is 10.9 Å². The number of nitrogens with one attached hydrogen (secondary N) is 1. The lowest BCUT2D eigenvalue weighted by Crippen LogP contribution is -2.34. The van der Waals surface area contributed by atoms with E-state index in [1.807, 2.05) is 45.0 Å². The highest BCUT2D eigenvalue weighted by atomic mass is 16.2. The van der Waals surface area contributed by atoms with E-state index in [2.05, 4.69) is 10.4 Å². The minimum atomic E-state index is -0.765. The van der Waals surface area contributed by atoms with Crippen molar-refractivity contribution in [3.63, 3.8) is 0 Å². The maximum atomic E-state index is 12.9. The van der Waals surface area contributed by atoms with E-state index in [4.69, 9.17) is 5.26 Å². The molecular weight excluding hydrogens is 364 g/mol. The highest BCUT2D eigenvalue weighted by Crippen LogP contribution is 2.23. The second kappa shape index (κ2) is 8.53. The average molecular weight is 386 g/mol. The van der Waals surface area contributed by atoms with Gasteiger partial charge in [0.05, 0.1) is 17.3 Å². The Hall–Kier alpha value is -3.72. The summed E-state index contributed by atoms with van der Waals surface area (Å²) in [6, 6.07) is 17.1. The van der Waals surface area contributed by atoms with E-state index >= 15 is 0 Å². The van der Waals surface area contributed by atoms with Gasteiger partial charge in [0.15, 0.2) is 0 Å². The minimum absolute atomic E-state index is 0.341. The minimum Gasteiger partial charge on any atom is -0.324 e. The molecule has 0 radical (unpaired) electrons. The first-order chi connectivity index (χ1) is 13.9. The van der Waals surface area contributed by atoms with Gasteiger partial charge in [0.2, 0.25) is 5.91 Å². The molecule has 0 saturated carbocycles. The largest absolute Gasteiger partial charge is 0.324 e. The first-order valence-electron chi connectivity index (χ1n) is 9.41. The smallest absolute Gasteiger partial charge is 0.267 e. The van der Waals surface area contributed by atoms with Crippen LogP contribution in [0.15, 0.2) is 59.4 Å². The quantitative estimate of drug-likeness (QED) is 0.718. The number of carbonyl (C=O) groups is 1. The van der Waals surface area contributed by atoms with Crippen molar-refractivity contribution in [2.45, 2.75) is 33.2 Å². The molecule has 0 bridgehead atoms. The predicted octanol–water partition coefficient (Wildman–Crippen LogP) is 3.99. The van der Waals surface area contributed by atoms with Crippen molar-refractivity contribution in [1.82, 2.24) is 9.78 Å². The zero-order valence-corrected chi connectivity index (χ0v) is 16.6. The van der Waals surface area contributed by atoms with Crippen LogP contribution in [0.3, 0.4) is 0 Å². The first-order valence-corrected chi connectivity index (χ1v) is 9.41. The monoisotopic (exact) mass is 386 g/mol. The number of aryl methyl sites for hydroxylation is 2. The van der Waals surface area contributed by atoms with E-state index in [9.17, 15) is 9.59 Å². The molecule has 146 valence electrons. The fourth-order valence-electron chi connectivity index (χ4n) is 3.17. The number of nitrogens with zero attached hydrogens (tertiary/aromatic N) is 3. The van der Waals surface area contributed by atoms with Crippen LogP contribution >= 0.6 is 0 Å². The van der Waals surface area contributed by atoms with Crippen molar-refractivity contribution < 1.29 is 4.79 Å². The third kappa shape index (κ3) is 4.41. The summed E-state index contributed by atoms with van der Waals surface area (Å²) in [4.78, 5) is 25.4. The van der Waals surface area contributed by atoms with E-state index in [0.717, 1.165) is 16.7 Å². The summed E-state index contributed by atoms with van der Waals surface area (Å²) >= 11 is 0. The van der Waals surface area contributed by atoms with Crippen molar-refractivity contribution in [1.29, 1.82) is 5.26 Å². The number of nitriles is 1. The fourth-order valence-corrected chi connectivity index (χ4v) is 3.17. The molecule has 0 saturated heterocycles. The molecule has 29 heavy (non-hydrogen) atoms. The number of rotatable bonds is 5. The van der Waals surface area contributed by atoms with Crippen molar-refractivity contribution >= 4 is 11.6 Å². The van der Waals surface area contributed by atoms with Crippen LogP contribution in [-0.4, -0.2) is 15.7 Å². The summed E-state index contributed by atoms with van der Waals surface area (Å²) in [6.45, 7) is 5.81. The van der Waals surface area contributed by atoms with Crippen LogP contribution in [0.25, 0.3) is 11.3 Å². The lowest BCUT2D eigenvalue weighted by Gasteiger charge is -2.18. The Morgan fingerprint density at radius 1 is 1.17 bits per heavy atom. The summed E-state index contributed by atoms with van der Waals surface area (Å²) < 4.78 is 1.24. The van der Waals surface area contributed by atoms with Gasteiger partial charge in [0, 0.05) is 17.3 Å². The molecule has 0 unspecified atom stereocenters. The second-order valence-corrected chi connectivity index (χ2v) is 6.93. The maximum Gasteiger partial charge on any atom is 0.267 e. The molecule has 3 rings (SSSR count). The van der Waals surface area contributed by atoms with Crippen LogP contribution in [0, 0.1) is 25.2 Å². The van der Waals surface area contributed by atoms with Gasteiger partial charge in [0.1, 0.15) is 6.04 Å². The number of benzene rings is 2. The second-order valence-electron chi connectivity index (χ2n) is 6.93. The Bertz CT molecular complexity index is 1160. The topological polar surface area (TPSA) is 87.8 Å². The van der Waals surface area contributed by atoms with Crippen LogP contribution in [0.2, 0.25) is 0 Å². The van der Waals surface area contributed by atoms with Crippen molar-refractivity contribution in [3.05, 3.63) is 81.6 Å². The van der Waals surface area contributed by atoms with Crippen LogP contribution in [-0.2, 0) is 4.79 Å². The number of aromatic nitrogens is 2. The Morgan fingerprint density at radius 2 is 1.97 bits per heavy atom. The zero-order valence-electron chi connectivity index (χ0n) is 16.6. The molecule has 0 aliphatic heterocycles. The molecule has 0 fully saturated rings. The molecular formula is C23H22N4O2. The van der Waals surface area contributed by atoms with Gasteiger partial charge in [-0.15, -0.1) is 0 Å². The van der Waals surface area contributed by atoms with Gasteiger partial charge in [-0.1, -0.05) is 30.7 Å². The Kier molecular flexibility index (Phi) is 5.89. The zero-order chi connectivity index (χ0) is 21.0. The van der Waals surface area contributed by atoms with E-state index < -0.39 is 6.04 Å². The summed E-state index contributed by atoms with van der Waals surface area (Å²) in [5.41, 5.74) is 4.31. The number of hydrogen-bond acceptors (Lipinski definition) is 4. The predicted molar refractivity (Wildman–Crippen MR) is 113 cm³/mol. The molecule has 2 aromatic carbocycles. The molecule has 3 aromatic rings. The molecule has 0 spiro atoms. The molecule has 6 nitrogen and oxygen atoms in total. The molecule has 6 heteroatoms. The lowest BCUT2D eigenvalue weighted by atomic mass is 10.0. The lowest BCUT2D eigenvalue weighted by molar-refractivity contribution is -0.119. The molecule has 1 heterocycles. The normalized spacial score (nSPS) is 11.5. The van der Waals surface area contributed by atoms with E-state index in [1.54, 1.807) is 30.3 Å². The Balaban J connectivity index is 1.96. The van der Waals surface area contributed by atoms with E-state index in [-0.39, 0.29) is 11.5 Å². The standard InChI is InChI=1S/C23H22N4O2/c1-4-21(23(29)25-18-7-5-6-17(13-18)14-24)27-22(28)11-10-20(26-27)19-12-15(2)8-9-16(19)3/h5-13,21H,4H2,1-3H3,(H,25,29)/t21-/m1/s1. The van der Waals surface area contributed by atoms with Crippen LogP contribution in [0.4, 0.5) is 5.69 Å². The van der Waals surface area contributed by atoms with Gasteiger partial charge in [-0.3, -0.25) is 9.59 Å². The Morgan fingerprint density at radius 3 is 2.69 bits per heavy atom. The van der Waals surface area contributed by atoms with Gasteiger partial charge in [-0.2, -0.15) is 10.4 Å². The molecule has 1 atom stereocenters. The number of hydrogen-bond donors (Lipinski definition) is 1. The molecule has 1 amide bonds. The number of amides is 1. The van der Waals surface area contributed by atoms with Gasteiger partial charge < -0.3 is 5.32 Å². The third-order valence-electron chi connectivity index (χ3n) is 4.74. The summed E-state index contributed by atoms with van der Waals surface area (Å²) in [6.07, 6.45) is 0.396. The van der Waals surface area contributed by atoms with Crippen molar-refractivity contribution in [2.24, 2.45) is 0 Å². The first kappa shape index (κ1) is 20.0. The van der Waals surface area contributed by atoms with Crippen LogP contribution in [0.1, 0.15) is 36.1 Å². The summed E-state index contributed by atoms with van der Waals surface area (Å²) in [5.74, 6) is -0.352. The highest BCUT2D eigenvalue weighted by Gasteiger charge is 2.22. The molecule has 0 aliphatic carbocycles. The summed E-state index contributed by atoms with van der Waals surface area (Å²) in [7, 11) is 0. The van der Waals surface area contributed by atoms with Gasteiger partial charge in [-0.25, -0.2) is 4.68 Å². The highest BCUT2D eigenvalue weighted by molar-refractivity contribution is 5.93. The molecule has 1 N–H and O–H groups in total. The number of anilines is 1. The van der Waals surface area contributed by atoms with Crippen LogP contribution in [0.5, 0.6) is 0 Å². The average Bonchev–Trinajstić information content (AvgIpc) is 2.72. The summed E-state index contributed by atoms with van der Waals surface area (Å²) in [5, 5.41) is 16.3. The van der Waals surface area contributed by atoms with Crippen molar-refractivity contribution in [2.75, 3.05) is 5.32 Å². The van der Waals surface area contributed by atoms with Crippen molar-refractivity contribution in [3.8, 4) is 17.3 Å².